The van der Waals surface area contributed by atoms with E-state index < -0.39 is 23.9 Å². The normalized spacial score (nSPS) is 12.0. The van der Waals surface area contributed by atoms with E-state index in [1.165, 1.54) is 31.4 Å². The third-order valence-electron chi connectivity index (χ3n) is 7.89. The molecule has 3 N–H and O–H groups in total. The minimum absolute atomic E-state index is 0.0148. The van der Waals surface area contributed by atoms with Crippen LogP contribution in [0.15, 0.2) is 103 Å². The standard InChI is InChI=1S/C39H42N2O7/c1-3-4-5-6-10-25-47-33-23-17-31(18-24-33)39(46)48-34-21-13-28(14-22-34)26-35(38(44)45)41-37(43)30-15-19-32(20-16-30)40-36(42)27(2)29-11-8-7-9-12-29/h7-9,11-24,27,35H,3-6,10,25-26H2,1-2H3,(H,40,42)(H,41,43)(H,44,45). The van der Waals surface area contributed by atoms with Crippen molar-refractivity contribution in [3.05, 3.63) is 125 Å². The van der Waals surface area contributed by atoms with Crippen LogP contribution in [0.1, 0.15) is 83.7 Å². The maximum Gasteiger partial charge on any atom is 0.343 e. The molecule has 0 heterocycles. The van der Waals surface area contributed by atoms with Gasteiger partial charge in [0.25, 0.3) is 5.91 Å². The van der Waals surface area contributed by atoms with Crippen LogP contribution in [0.2, 0.25) is 0 Å². The van der Waals surface area contributed by atoms with Gasteiger partial charge in [0.15, 0.2) is 0 Å². The van der Waals surface area contributed by atoms with Gasteiger partial charge in [0, 0.05) is 17.7 Å². The summed E-state index contributed by atoms with van der Waals surface area (Å²) in [6, 6.07) is 27.7. The number of ether oxygens (including phenoxy) is 2. The SMILES string of the molecule is CCCCCCCOc1ccc(C(=O)Oc2ccc(CC(NC(=O)c3ccc(NC(=O)C(C)c4ccccc4)cc3)C(=O)O)cc2)cc1. The predicted molar refractivity (Wildman–Crippen MR) is 185 cm³/mol. The van der Waals surface area contributed by atoms with Crippen molar-refractivity contribution in [2.24, 2.45) is 0 Å². The third kappa shape index (κ3) is 10.8. The fourth-order valence-electron chi connectivity index (χ4n) is 4.97. The van der Waals surface area contributed by atoms with Crippen molar-refractivity contribution in [3.63, 3.8) is 0 Å². The van der Waals surface area contributed by atoms with Gasteiger partial charge in [0.05, 0.1) is 18.1 Å². The fraction of sp³-hybridized carbons (Fsp3) is 0.282. The molecule has 4 aromatic rings. The van der Waals surface area contributed by atoms with E-state index in [0.29, 0.717) is 34.9 Å². The van der Waals surface area contributed by atoms with Crippen LogP contribution in [-0.4, -0.2) is 41.5 Å². The van der Waals surface area contributed by atoms with Gasteiger partial charge < -0.3 is 25.2 Å². The molecule has 0 aliphatic carbocycles. The molecule has 2 atom stereocenters. The number of carbonyl (C=O) groups excluding carboxylic acids is 3. The summed E-state index contributed by atoms with van der Waals surface area (Å²) >= 11 is 0. The highest BCUT2D eigenvalue weighted by Crippen LogP contribution is 2.20. The molecule has 2 unspecified atom stereocenters. The molecule has 9 nitrogen and oxygen atoms in total. The van der Waals surface area contributed by atoms with E-state index in [-0.39, 0.29) is 23.8 Å². The van der Waals surface area contributed by atoms with Gasteiger partial charge >= 0.3 is 11.9 Å². The Labute approximate surface area is 281 Å². The quantitative estimate of drug-likeness (QED) is 0.0616. The van der Waals surface area contributed by atoms with E-state index >= 15 is 0 Å². The summed E-state index contributed by atoms with van der Waals surface area (Å²) in [7, 11) is 0. The fourth-order valence-corrected chi connectivity index (χ4v) is 4.97. The van der Waals surface area contributed by atoms with Gasteiger partial charge in [-0.05, 0) is 85.1 Å². The second kappa shape index (κ2) is 18.0. The van der Waals surface area contributed by atoms with Crippen molar-refractivity contribution in [1.29, 1.82) is 0 Å². The molecule has 4 aromatic carbocycles. The van der Waals surface area contributed by atoms with Gasteiger partial charge in [0.2, 0.25) is 5.91 Å². The molecule has 0 aliphatic heterocycles. The first kappa shape index (κ1) is 35.4. The van der Waals surface area contributed by atoms with Crippen LogP contribution < -0.4 is 20.1 Å². The van der Waals surface area contributed by atoms with Crippen molar-refractivity contribution in [1.82, 2.24) is 5.32 Å². The highest BCUT2D eigenvalue weighted by Gasteiger charge is 2.22. The molecule has 0 saturated carbocycles. The van der Waals surface area contributed by atoms with Crippen LogP contribution in [0.3, 0.4) is 0 Å². The molecule has 4 rings (SSSR count). The maximum atomic E-state index is 12.9. The number of anilines is 1. The predicted octanol–water partition coefficient (Wildman–Crippen LogP) is 7.42. The number of esters is 1. The summed E-state index contributed by atoms with van der Waals surface area (Å²) in [6.07, 6.45) is 5.78. The Hall–Kier alpha value is -5.44. The third-order valence-corrected chi connectivity index (χ3v) is 7.89. The summed E-state index contributed by atoms with van der Waals surface area (Å²) in [5.74, 6) is -1.83. The Morgan fingerprint density at radius 1 is 0.729 bits per heavy atom. The first-order chi connectivity index (χ1) is 23.2. The summed E-state index contributed by atoms with van der Waals surface area (Å²) in [5.41, 5.74) is 2.66. The van der Waals surface area contributed by atoms with Crippen LogP contribution in [0.5, 0.6) is 11.5 Å². The lowest BCUT2D eigenvalue weighted by Gasteiger charge is -2.16. The summed E-state index contributed by atoms with van der Waals surface area (Å²) in [5, 5.41) is 15.2. The first-order valence-corrected chi connectivity index (χ1v) is 16.3. The zero-order chi connectivity index (χ0) is 34.3. The molecule has 48 heavy (non-hydrogen) atoms. The Balaban J connectivity index is 1.25. The molecule has 0 saturated heterocycles. The number of carboxylic acid groups (broad SMARTS) is 1. The molecule has 9 heteroatoms. The van der Waals surface area contributed by atoms with E-state index in [4.69, 9.17) is 9.47 Å². The minimum atomic E-state index is -1.20. The van der Waals surface area contributed by atoms with E-state index in [9.17, 15) is 24.3 Å². The Morgan fingerprint density at radius 3 is 2.00 bits per heavy atom. The number of aliphatic carboxylic acids is 1. The summed E-state index contributed by atoms with van der Waals surface area (Å²) in [4.78, 5) is 50.2. The summed E-state index contributed by atoms with van der Waals surface area (Å²) < 4.78 is 11.2. The van der Waals surface area contributed by atoms with Crippen LogP contribution >= 0.6 is 0 Å². The van der Waals surface area contributed by atoms with Gasteiger partial charge in [-0.3, -0.25) is 9.59 Å². The molecule has 0 bridgehead atoms. The molecule has 0 radical (unpaired) electrons. The van der Waals surface area contributed by atoms with Gasteiger partial charge in [-0.2, -0.15) is 0 Å². The van der Waals surface area contributed by atoms with Crippen LogP contribution in [0.25, 0.3) is 0 Å². The highest BCUT2D eigenvalue weighted by molar-refractivity contribution is 5.98. The largest absolute Gasteiger partial charge is 0.494 e. The number of unbranched alkanes of at least 4 members (excludes halogenated alkanes) is 4. The zero-order valence-corrected chi connectivity index (χ0v) is 27.3. The Kier molecular flexibility index (Phi) is 13.3. The van der Waals surface area contributed by atoms with E-state index in [1.54, 1.807) is 60.7 Å². The van der Waals surface area contributed by atoms with E-state index in [1.807, 2.05) is 37.3 Å². The number of carbonyl (C=O) groups is 4. The smallest absolute Gasteiger partial charge is 0.343 e. The minimum Gasteiger partial charge on any atom is -0.494 e. The number of carboxylic acids is 1. The van der Waals surface area contributed by atoms with Gasteiger partial charge in [-0.25, -0.2) is 9.59 Å². The van der Waals surface area contributed by atoms with Crippen LogP contribution in [0, 0.1) is 0 Å². The average Bonchev–Trinajstić information content (AvgIpc) is 3.10. The second-order valence-electron chi connectivity index (χ2n) is 11.6. The lowest BCUT2D eigenvalue weighted by Crippen LogP contribution is -2.42. The van der Waals surface area contributed by atoms with Crippen molar-refractivity contribution >= 4 is 29.4 Å². The maximum absolute atomic E-state index is 12.9. The van der Waals surface area contributed by atoms with Crippen molar-refractivity contribution in [3.8, 4) is 11.5 Å². The topological polar surface area (TPSA) is 131 Å². The number of hydrogen-bond donors (Lipinski definition) is 3. The molecule has 0 fully saturated rings. The highest BCUT2D eigenvalue weighted by atomic mass is 16.5. The molecule has 0 aliphatic rings. The molecular weight excluding hydrogens is 608 g/mol. The van der Waals surface area contributed by atoms with Crippen LogP contribution in [-0.2, 0) is 16.0 Å². The average molecular weight is 651 g/mol. The number of nitrogens with one attached hydrogen (secondary N) is 2. The number of benzene rings is 4. The molecule has 0 spiro atoms. The van der Waals surface area contributed by atoms with Crippen LogP contribution in [0.4, 0.5) is 5.69 Å². The van der Waals surface area contributed by atoms with Crippen molar-refractivity contribution < 1.29 is 33.8 Å². The molecule has 250 valence electrons. The monoisotopic (exact) mass is 650 g/mol. The Morgan fingerprint density at radius 2 is 1.35 bits per heavy atom. The zero-order valence-electron chi connectivity index (χ0n) is 27.3. The van der Waals surface area contributed by atoms with Gasteiger partial charge in [-0.1, -0.05) is 75.1 Å². The molecule has 2 amide bonds. The summed E-state index contributed by atoms with van der Waals surface area (Å²) in [6.45, 7) is 4.63. The second-order valence-corrected chi connectivity index (χ2v) is 11.6. The van der Waals surface area contributed by atoms with E-state index in [0.717, 1.165) is 18.4 Å². The number of rotatable bonds is 17. The van der Waals surface area contributed by atoms with Crippen molar-refractivity contribution in [2.45, 2.75) is 64.3 Å². The Bertz CT molecular complexity index is 1640. The van der Waals surface area contributed by atoms with Gasteiger partial charge in [-0.15, -0.1) is 0 Å². The lowest BCUT2D eigenvalue weighted by atomic mass is 10.0. The van der Waals surface area contributed by atoms with Gasteiger partial charge in [0.1, 0.15) is 17.5 Å². The number of amides is 2. The van der Waals surface area contributed by atoms with Crippen molar-refractivity contribution in [2.75, 3.05) is 11.9 Å². The number of hydrogen-bond acceptors (Lipinski definition) is 6. The lowest BCUT2D eigenvalue weighted by molar-refractivity contribution is -0.139. The molecular formula is C39H42N2O7. The molecule has 0 aromatic heterocycles. The van der Waals surface area contributed by atoms with E-state index in [2.05, 4.69) is 17.6 Å². The first-order valence-electron chi connectivity index (χ1n) is 16.3.